The molecule has 0 aliphatic carbocycles. The topological polar surface area (TPSA) is 104 Å². The van der Waals surface area contributed by atoms with Gasteiger partial charge >= 0.3 is 0 Å². The van der Waals surface area contributed by atoms with Crippen molar-refractivity contribution in [1.29, 1.82) is 0 Å². The van der Waals surface area contributed by atoms with E-state index in [4.69, 9.17) is 11.6 Å². The van der Waals surface area contributed by atoms with Crippen LogP contribution in [0.25, 0.3) is 11.1 Å². The average Bonchev–Trinajstić information content (AvgIpc) is 2.92. The van der Waals surface area contributed by atoms with Crippen LogP contribution >= 0.6 is 11.6 Å². The lowest BCUT2D eigenvalue weighted by Gasteiger charge is -2.30. The number of anilines is 2. The quantitative estimate of drug-likeness (QED) is 0.443. The highest BCUT2D eigenvalue weighted by molar-refractivity contribution is 7.90. The minimum Gasteiger partial charge on any atom is -0.339 e. The zero-order chi connectivity index (χ0) is 27.8. The fourth-order valence-corrected chi connectivity index (χ4v) is 7.51. The average molecular weight is 576 g/mol. The van der Waals surface area contributed by atoms with Crippen molar-refractivity contribution in [2.24, 2.45) is 5.92 Å². The van der Waals surface area contributed by atoms with E-state index in [0.29, 0.717) is 29.8 Å². The van der Waals surface area contributed by atoms with E-state index in [1.165, 1.54) is 28.6 Å². The number of hydrogen-bond acceptors (Lipinski definition) is 6. The first-order valence-electron chi connectivity index (χ1n) is 12.1. The number of rotatable bonds is 6. The van der Waals surface area contributed by atoms with Gasteiger partial charge in [0.25, 0.3) is 10.0 Å². The Labute approximate surface area is 229 Å². The van der Waals surface area contributed by atoms with Gasteiger partial charge in [0, 0.05) is 37.8 Å². The third-order valence-corrected chi connectivity index (χ3v) is 10.1. The minimum absolute atomic E-state index is 0.0737. The lowest BCUT2D eigenvalue weighted by molar-refractivity contribution is -0.117. The molecular weight excluding hydrogens is 546 g/mol. The first-order valence-corrected chi connectivity index (χ1v) is 15.4. The Morgan fingerprint density at radius 3 is 2.39 bits per heavy atom. The third-order valence-electron chi connectivity index (χ3n) is 6.45. The zero-order valence-electron chi connectivity index (χ0n) is 21.5. The molecule has 1 amide bonds. The highest BCUT2D eigenvalue weighted by Crippen LogP contribution is 2.43. The van der Waals surface area contributed by atoms with E-state index >= 15 is 0 Å². The minimum atomic E-state index is -4.10. The Morgan fingerprint density at radius 1 is 1.08 bits per heavy atom. The van der Waals surface area contributed by atoms with Gasteiger partial charge < -0.3 is 4.90 Å². The largest absolute Gasteiger partial charge is 0.339 e. The van der Waals surface area contributed by atoms with Crippen molar-refractivity contribution in [2.45, 2.75) is 43.0 Å². The molecule has 0 saturated carbocycles. The fraction of sp³-hybridized carbons (Fsp3) is 0.296. The summed E-state index contributed by atoms with van der Waals surface area (Å²) in [4.78, 5) is 13.3. The molecule has 202 valence electrons. The molecule has 0 fully saturated rings. The molecule has 1 aliphatic heterocycles. The number of para-hydroxylation sites is 1. The molecule has 1 atom stereocenters. The number of benzene rings is 3. The molecule has 0 saturated heterocycles. The molecule has 11 heteroatoms. The van der Waals surface area contributed by atoms with Gasteiger partial charge in [-0.1, -0.05) is 55.8 Å². The number of carbonyl (C=O) groups excluding carboxylic acids is 1. The van der Waals surface area contributed by atoms with Crippen molar-refractivity contribution in [1.82, 2.24) is 9.03 Å². The second-order valence-electron chi connectivity index (χ2n) is 9.74. The van der Waals surface area contributed by atoms with Crippen molar-refractivity contribution >= 4 is 48.9 Å². The second kappa shape index (κ2) is 10.7. The van der Waals surface area contributed by atoms with E-state index in [9.17, 15) is 21.6 Å². The van der Waals surface area contributed by atoms with Crippen LogP contribution in [0.5, 0.6) is 0 Å². The highest BCUT2D eigenvalue weighted by Gasteiger charge is 2.38. The smallest absolute Gasteiger partial charge is 0.264 e. The van der Waals surface area contributed by atoms with Gasteiger partial charge in [0.1, 0.15) is 4.90 Å². The summed E-state index contributed by atoms with van der Waals surface area (Å²) in [6.07, 6.45) is 0.663. The first kappa shape index (κ1) is 28.1. The van der Waals surface area contributed by atoms with Crippen LogP contribution in [0.4, 0.5) is 11.4 Å². The summed E-state index contributed by atoms with van der Waals surface area (Å²) in [5, 5.41) is 0.263. The molecular formula is C27H30ClN3O5S2. The molecule has 8 nitrogen and oxygen atoms in total. The third kappa shape index (κ3) is 5.58. The maximum atomic E-state index is 13.9. The Bertz CT molecular complexity index is 1580. The van der Waals surface area contributed by atoms with Gasteiger partial charge in [-0.25, -0.2) is 21.6 Å². The fourth-order valence-electron chi connectivity index (χ4n) is 4.66. The van der Waals surface area contributed by atoms with Crippen LogP contribution in [-0.2, 0) is 24.8 Å². The summed E-state index contributed by atoms with van der Waals surface area (Å²) < 4.78 is 56.4. The van der Waals surface area contributed by atoms with Crippen LogP contribution in [0.2, 0.25) is 5.02 Å². The van der Waals surface area contributed by atoms with Crippen LogP contribution in [-0.4, -0.2) is 46.7 Å². The van der Waals surface area contributed by atoms with Gasteiger partial charge in [-0.15, -0.1) is 0 Å². The summed E-state index contributed by atoms with van der Waals surface area (Å²) in [5.74, 6) is -0.450. The summed E-state index contributed by atoms with van der Waals surface area (Å²) >= 11 is 6.75. The van der Waals surface area contributed by atoms with E-state index in [1.807, 2.05) is 40.0 Å². The Balaban J connectivity index is 1.93. The zero-order valence-corrected chi connectivity index (χ0v) is 23.9. The van der Waals surface area contributed by atoms with E-state index in [1.54, 1.807) is 19.2 Å². The van der Waals surface area contributed by atoms with Gasteiger partial charge in [-0.05, 0) is 54.3 Å². The number of nitrogens with one attached hydrogen (secondary N) is 1. The summed E-state index contributed by atoms with van der Waals surface area (Å²) in [6.45, 7) is 5.66. The second-order valence-corrected chi connectivity index (χ2v) is 13.8. The lowest BCUT2D eigenvalue weighted by Crippen LogP contribution is -2.41. The SMILES string of the molecule is CC(=O)NS(=O)(=O)c1cccc(-c2cc3c(cc2Cl)N(c2ccccc2)CC(CC(C)C)N(C)S3(=O)=O)c1. The van der Waals surface area contributed by atoms with E-state index in [-0.39, 0.29) is 26.8 Å². The van der Waals surface area contributed by atoms with Gasteiger partial charge in [-0.3, -0.25) is 4.79 Å². The first-order chi connectivity index (χ1) is 17.8. The number of halogens is 1. The number of nitrogens with zero attached hydrogens (tertiary/aromatic N) is 2. The van der Waals surface area contributed by atoms with Gasteiger partial charge in [0.2, 0.25) is 15.9 Å². The van der Waals surface area contributed by atoms with E-state index in [0.717, 1.165) is 12.6 Å². The highest BCUT2D eigenvalue weighted by atomic mass is 35.5. The molecule has 0 radical (unpaired) electrons. The van der Waals surface area contributed by atoms with E-state index < -0.39 is 26.0 Å². The summed E-state index contributed by atoms with van der Waals surface area (Å²) in [6, 6.07) is 18.2. The molecule has 3 aromatic rings. The molecule has 38 heavy (non-hydrogen) atoms. The maximum absolute atomic E-state index is 13.9. The number of hydrogen-bond donors (Lipinski definition) is 1. The molecule has 0 aromatic heterocycles. The van der Waals surface area contributed by atoms with Crippen LogP contribution in [0.3, 0.4) is 0 Å². The standard InChI is InChI=1S/C27H30ClN3O5S2/c1-18(2)13-22-17-31(21-10-6-5-7-11-21)26-16-25(28)24(15-27(26)38(35,36)30(22)4)20-9-8-12-23(14-20)37(33,34)29-19(3)32/h5-12,14-16,18,22H,13,17H2,1-4H3,(H,29,32). The number of fused-ring (bicyclic) bond motifs is 1. The normalized spacial score (nSPS) is 17.6. The molecule has 1 aliphatic rings. The maximum Gasteiger partial charge on any atom is 0.264 e. The summed E-state index contributed by atoms with van der Waals surface area (Å²) in [5.41, 5.74) is 2.04. The number of amides is 1. The Morgan fingerprint density at radius 2 is 1.76 bits per heavy atom. The summed E-state index contributed by atoms with van der Waals surface area (Å²) in [7, 11) is -6.44. The van der Waals surface area contributed by atoms with Crippen molar-refractivity contribution in [3.05, 3.63) is 71.8 Å². The Kier molecular flexibility index (Phi) is 7.90. The van der Waals surface area contributed by atoms with Crippen LogP contribution in [0.1, 0.15) is 27.2 Å². The van der Waals surface area contributed by atoms with Crippen molar-refractivity contribution in [2.75, 3.05) is 18.5 Å². The van der Waals surface area contributed by atoms with Gasteiger partial charge in [0.05, 0.1) is 15.6 Å². The van der Waals surface area contributed by atoms with Crippen LogP contribution < -0.4 is 9.62 Å². The number of sulfonamides is 2. The Hall–Kier alpha value is -2.92. The molecule has 1 unspecified atom stereocenters. The van der Waals surface area contributed by atoms with E-state index in [2.05, 4.69) is 13.8 Å². The van der Waals surface area contributed by atoms with Crippen molar-refractivity contribution in [3.8, 4) is 11.1 Å². The number of likely N-dealkylation sites (N-methyl/N-ethyl adjacent to an activating group) is 1. The molecule has 3 aromatic carbocycles. The molecule has 0 spiro atoms. The van der Waals surface area contributed by atoms with Crippen LogP contribution in [0, 0.1) is 5.92 Å². The molecule has 0 bridgehead atoms. The van der Waals surface area contributed by atoms with Gasteiger partial charge in [0.15, 0.2) is 0 Å². The lowest BCUT2D eigenvalue weighted by atomic mass is 10.0. The molecule has 4 rings (SSSR count). The molecule has 1 N–H and O–H groups in total. The predicted octanol–water partition coefficient (Wildman–Crippen LogP) is 5.02. The van der Waals surface area contributed by atoms with Crippen molar-refractivity contribution in [3.63, 3.8) is 0 Å². The predicted molar refractivity (Wildman–Crippen MR) is 150 cm³/mol. The van der Waals surface area contributed by atoms with Crippen molar-refractivity contribution < 1.29 is 21.6 Å². The number of carbonyl (C=O) groups is 1. The van der Waals surface area contributed by atoms with Gasteiger partial charge in [-0.2, -0.15) is 4.31 Å². The monoisotopic (exact) mass is 575 g/mol. The van der Waals surface area contributed by atoms with Crippen LogP contribution in [0.15, 0.2) is 76.5 Å². The molecule has 1 heterocycles.